The summed E-state index contributed by atoms with van der Waals surface area (Å²) in [5.41, 5.74) is 6.63. The minimum absolute atomic E-state index is 0.216. The Labute approximate surface area is 208 Å². The molecule has 1 saturated carbocycles. The van der Waals surface area contributed by atoms with E-state index in [4.69, 9.17) is 26.5 Å². The zero-order chi connectivity index (χ0) is 23.7. The number of rotatable bonds is 8. The van der Waals surface area contributed by atoms with Crippen LogP contribution in [-0.4, -0.2) is 15.6 Å². The number of fused-ring (bicyclic) bond motifs is 1. The van der Waals surface area contributed by atoms with Crippen LogP contribution < -0.4 is 10.2 Å². The van der Waals surface area contributed by atoms with E-state index < -0.39 is 0 Å². The molecule has 4 nitrogen and oxygen atoms in total. The van der Waals surface area contributed by atoms with Gasteiger partial charge in [0, 0.05) is 21.5 Å². The maximum absolute atomic E-state index is 14.8. The lowest BCUT2D eigenvalue weighted by molar-refractivity contribution is 0.148. The van der Waals surface area contributed by atoms with Crippen LogP contribution in [0, 0.1) is 17.7 Å². The third-order valence-electron chi connectivity index (χ3n) is 6.33. The SMILES string of the molecule is ONC(S)C1CC1Cc1ccc(OCc2cc(-c3ccc(Cl)cc3)nc3ccccc23)c(F)c1. The Morgan fingerprint density at radius 3 is 2.68 bits per heavy atom. The van der Waals surface area contributed by atoms with Gasteiger partial charge in [-0.25, -0.2) is 9.37 Å². The predicted octanol–water partition coefficient (Wildman–Crippen LogP) is 6.69. The second-order valence-electron chi connectivity index (χ2n) is 8.68. The fourth-order valence-corrected chi connectivity index (χ4v) is 4.86. The van der Waals surface area contributed by atoms with E-state index in [-0.39, 0.29) is 23.5 Å². The molecule has 1 aromatic heterocycles. The van der Waals surface area contributed by atoms with Crippen LogP contribution in [-0.2, 0) is 13.0 Å². The van der Waals surface area contributed by atoms with E-state index in [1.165, 1.54) is 6.07 Å². The van der Waals surface area contributed by atoms with E-state index in [1.807, 2.05) is 60.7 Å². The summed E-state index contributed by atoms with van der Waals surface area (Å²) in [5.74, 6) is 0.521. The number of ether oxygens (including phenoxy) is 1. The maximum atomic E-state index is 14.8. The van der Waals surface area contributed by atoms with Gasteiger partial charge in [-0.15, -0.1) is 0 Å². The number of aromatic nitrogens is 1. The van der Waals surface area contributed by atoms with Crippen molar-refractivity contribution in [3.05, 3.63) is 94.8 Å². The lowest BCUT2D eigenvalue weighted by Gasteiger charge is -2.13. The van der Waals surface area contributed by atoms with Crippen molar-refractivity contribution in [3.8, 4) is 17.0 Å². The number of hydrogen-bond donors (Lipinski definition) is 3. The number of pyridine rings is 1. The van der Waals surface area contributed by atoms with Gasteiger partial charge in [-0.05, 0) is 66.6 Å². The second kappa shape index (κ2) is 9.92. The number of halogens is 2. The molecule has 0 aliphatic heterocycles. The minimum atomic E-state index is -0.381. The van der Waals surface area contributed by atoms with Crippen molar-refractivity contribution >= 4 is 35.1 Å². The molecule has 0 saturated heterocycles. The van der Waals surface area contributed by atoms with Crippen molar-refractivity contribution in [2.24, 2.45) is 11.8 Å². The molecule has 0 amide bonds. The van der Waals surface area contributed by atoms with Gasteiger partial charge in [-0.2, -0.15) is 18.1 Å². The van der Waals surface area contributed by atoms with Crippen LogP contribution in [0.4, 0.5) is 4.39 Å². The lowest BCUT2D eigenvalue weighted by atomic mass is 10.0. The molecule has 2 N–H and O–H groups in total. The molecule has 1 aliphatic rings. The van der Waals surface area contributed by atoms with E-state index in [2.05, 4.69) is 18.1 Å². The average Bonchev–Trinajstić information content (AvgIpc) is 3.62. The van der Waals surface area contributed by atoms with E-state index in [0.29, 0.717) is 16.9 Å². The summed E-state index contributed by atoms with van der Waals surface area (Å²) in [4.78, 5) is 4.78. The van der Waals surface area contributed by atoms with Crippen LogP contribution in [0.1, 0.15) is 17.5 Å². The monoisotopic (exact) mass is 494 g/mol. The smallest absolute Gasteiger partial charge is 0.165 e. The highest BCUT2D eigenvalue weighted by Crippen LogP contribution is 2.44. The molecule has 5 rings (SSSR count). The summed E-state index contributed by atoms with van der Waals surface area (Å²) in [6.45, 7) is 0.216. The van der Waals surface area contributed by atoms with Crippen LogP contribution in [0.25, 0.3) is 22.2 Å². The normalized spacial score (nSPS) is 18.1. The molecule has 3 aromatic carbocycles. The molecule has 1 fully saturated rings. The summed E-state index contributed by atoms with van der Waals surface area (Å²) < 4.78 is 20.7. The molecule has 1 aliphatic carbocycles. The van der Waals surface area contributed by atoms with Crippen molar-refractivity contribution in [1.29, 1.82) is 0 Å². The van der Waals surface area contributed by atoms with Crippen LogP contribution in [0.5, 0.6) is 5.75 Å². The molecule has 0 bridgehead atoms. The molecule has 3 atom stereocenters. The maximum Gasteiger partial charge on any atom is 0.165 e. The molecular formula is C27H24ClFN2O2S. The Morgan fingerprint density at radius 1 is 1.12 bits per heavy atom. The summed E-state index contributed by atoms with van der Waals surface area (Å²) in [5, 5.41) is 10.4. The van der Waals surface area contributed by atoms with Crippen LogP contribution >= 0.6 is 24.2 Å². The number of thiol groups is 1. The molecule has 0 radical (unpaired) electrons. The van der Waals surface area contributed by atoms with E-state index in [9.17, 15) is 4.39 Å². The van der Waals surface area contributed by atoms with Gasteiger partial charge in [-0.1, -0.05) is 48.0 Å². The number of hydrogen-bond acceptors (Lipinski definition) is 5. The largest absolute Gasteiger partial charge is 0.486 e. The Balaban J connectivity index is 1.34. The topological polar surface area (TPSA) is 54.4 Å². The van der Waals surface area contributed by atoms with Crippen molar-refractivity contribution in [2.45, 2.75) is 24.8 Å². The van der Waals surface area contributed by atoms with Crippen LogP contribution in [0.2, 0.25) is 5.02 Å². The van der Waals surface area contributed by atoms with Gasteiger partial charge in [0.15, 0.2) is 11.6 Å². The van der Waals surface area contributed by atoms with Crippen molar-refractivity contribution in [3.63, 3.8) is 0 Å². The number of para-hydroxylation sites is 1. The predicted molar refractivity (Wildman–Crippen MR) is 136 cm³/mol. The molecule has 174 valence electrons. The fourth-order valence-electron chi connectivity index (χ4n) is 4.37. The molecular weight excluding hydrogens is 471 g/mol. The van der Waals surface area contributed by atoms with Gasteiger partial charge < -0.3 is 9.94 Å². The summed E-state index contributed by atoms with van der Waals surface area (Å²) in [6.07, 6.45) is 1.71. The summed E-state index contributed by atoms with van der Waals surface area (Å²) in [7, 11) is 0. The van der Waals surface area contributed by atoms with Gasteiger partial charge in [0.1, 0.15) is 6.61 Å². The number of hydroxylamine groups is 1. The van der Waals surface area contributed by atoms with Crippen LogP contribution in [0.15, 0.2) is 72.8 Å². The molecule has 0 spiro atoms. The summed E-state index contributed by atoms with van der Waals surface area (Å²) in [6, 6.07) is 22.5. The molecule has 4 aromatic rings. The first-order valence-corrected chi connectivity index (χ1v) is 12.0. The fraction of sp³-hybridized carbons (Fsp3) is 0.222. The van der Waals surface area contributed by atoms with Crippen LogP contribution in [0.3, 0.4) is 0 Å². The quantitative estimate of drug-likeness (QED) is 0.145. The first kappa shape index (κ1) is 23.1. The highest BCUT2D eigenvalue weighted by Gasteiger charge is 2.41. The molecule has 7 heteroatoms. The first-order chi connectivity index (χ1) is 16.5. The van der Waals surface area contributed by atoms with Crippen molar-refractivity contribution in [1.82, 2.24) is 10.5 Å². The summed E-state index contributed by atoms with van der Waals surface area (Å²) >= 11 is 10.3. The third-order valence-corrected chi connectivity index (χ3v) is 7.08. The minimum Gasteiger partial charge on any atom is -0.486 e. The highest BCUT2D eigenvalue weighted by molar-refractivity contribution is 7.80. The second-order valence-corrected chi connectivity index (χ2v) is 9.67. The van der Waals surface area contributed by atoms with Gasteiger partial charge in [0.25, 0.3) is 0 Å². The zero-order valence-electron chi connectivity index (χ0n) is 18.3. The van der Waals surface area contributed by atoms with Gasteiger partial charge in [-0.3, -0.25) is 0 Å². The van der Waals surface area contributed by atoms with Gasteiger partial charge in [0.05, 0.1) is 16.6 Å². The number of nitrogens with one attached hydrogen (secondary N) is 1. The number of nitrogens with zero attached hydrogens (tertiary/aromatic N) is 1. The van der Waals surface area contributed by atoms with Gasteiger partial charge in [0.2, 0.25) is 0 Å². The highest BCUT2D eigenvalue weighted by atomic mass is 35.5. The zero-order valence-corrected chi connectivity index (χ0v) is 19.9. The Bertz CT molecular complexity index is 1320. The van der Waals surface area contributed by atoms with E-state index in [1.54, 1.807) is 6.07 Å². The Morgan fingerprint density at radius 2 is 1.91 bits per heavy atom. The Kier molecular flexibility index (Phi) is 6.75. The average molecular weight is 495 g/mol. The molecule has 1 heterocycles. The standard InChI is InChI=1S/C27H24ClFN2O2S/c28-20-8-6-17(7-9-20)25-14-19(21-3-1-2-4-24(21)30-25)15-33-26-10-5-16(12-23(26)29)11-18-13-22(18)27(34)31-32/h1-10,12,14,18,22,27,31-32,34H,11,13,15H2. The van der Waals surface area contributed by atoms with Gasteiger partial charge >= 0.3 is 0 Å². The third kappa shape index (κ3) is 5.05. The van der Waals surface area contributed by atoms with E-state index >= 15 is 0 Å². The van der Waals surface area contributed by atoms with Crippen molar-refractivity contribution in [2.75, 3.05) is 0 Å². The van der Waals surface area contributed by atoms with E-state index in [0.717, 1.165) is 46.1 Å². The lowest BCUT2D eigenvalue weighted by Crippen LogP contribution is -2.22. The number of benzene rings is 3. The molecule has 34 heavy (non-hydrogen) atoms. The van der Waals surface area contributed by atoms with Crippen molar-refractivity contribution < 1.29 is 14.3 Å². The first-order valence-electron chi connectivity index (χ1n) is 11.2. The Hall–Kier alpha value is -2.64. The molecule has 3 unspecified atom stereocenters.